The molecule has 5 heteroatoms. The minimum atomic E-state index is -0.384. The molecule has 5 nitrogen and oxygen atoms in total. The van der Waals surface area contributed by atoms with Crippen LogP contribution < -0.4 is 10.6 Å². The SMILES string of the molecule is COC(=O)c1cccc(N2CCCC(N(C)C)C2)c1N. The number of nitrogens with two attached hydrogens (primary N) is 1. The van der Waals surface area contributed by atoms with E-state index < -0.39 is 0 Å². The van der Waals surface area contributed by atoms with E-state index in [0.29, 0.717) is 17.3 Å². The van der Waals surface area contributed by atoms with Crippen molar-refractivity contribution in [2.75, 3.05) is 44.9 Å². The average Bonchev–Trinajstić information content (AvgIpc) is 2.46. The minimum absolute atomic E-state index is 0.384. The molecular formula is C15H23N3O2. The number of anilines is 2. The lowest BCUT2D eigenvalue weighted by molar-refractivity contribution is 0.0602. The quantitative estimate of drug-likeness (QED) is 0.671. The van der Waals surface area contributed by atoms with Crippen LogP contribution in [0.15, 0.2) is 18.2 Å². The number of carbonyl (C=O) groups excluding carboxylic acids is 1. The second-order valence-corrected chi connectivity index (χ2v) is 5.44. The third-order valence-electron chi connectivity index (χ3n) is 3.96. The van der Waals surface area contributed by atoms with E-state index in [9.17, 15) is 4.79 Å². The van der Waals surface area contributed by atoms with E-state index in [2.05, 4.69) is 23.9 Å². The van der Waals surface area contributed by atoms with E-state index in [-0.39, 0.29) is 5.97 Å². The van der Waals surface area contributed by atoms with E-state index >= 15 is 0 Å². The zero-order valence-corrected chi connectivity index (χ0v) is 12.4. The van der Waals surface area contributed by atoms with Crippen molar-refractivity contribution in [3.05, 3.63) is 23.8 Å². The van der Waals surface area contributed by atoms with Crippen LogP contribution in [0.25, 0.3) is 0 Å². The number of carbonyl (C=O) groups is 1. The number of nitrogen functional groups attached to an aromatic ring is 1. The maximum Gasteiger partial charge on any atom is 0.340 e. The summed E-state index contributed by atoms with van der Waals surface area (Å²) in [5.74, 6) is -0.384. The number of benzene rings is 1. The van der Waals surface area contributed by atoms with E-state index in [1.165, 1.54) is 13.5 Å². The van der Waals surface area contributed by atoms with E-state index in [4.69, 9.17) is 10.5 Å². The van der Waals surface area contributed by atoms with Gasteiger partial charge in [0, 0.05) is 19.1 Å². The first-order valence-electron chi connectivity index (χ1n) is 6.92. The highest BCUT2D eigenvalue weighted by Crippen LogP contribution is 2.30. The van der Waals surface area contributed by atoms with Crippen LogP contribution in [0.1, 0.15) is 23.2 Å². The molecule has 0 radical (unpaired) electrons. The van der Waals surface area contributed by atoms with Crippen LogP contribution >= 0.6 is 0 Å². The molecule has 0 aromatic heterocycles. The van der Waals surface area contributed by atoms with Crippen molar-refractivity contribution < 1.29 is 9.53 Å². The van der Waals surface area contributed by atoms with Gasteiger partial charge in [0.15, 0.2) is 0 Å². The summed E-state index contributed by atoms with van der Waals surface area (Å²) in [4.78, 5) is 16.2. The first-order chi connectivity index (χ1) is 9.54. The van der Waals surface area contributed by atoms with Gasteiger partial charge >= 0.3 is 5.97 Å². The lowest BCUT2D eigenvalue weighted by Gasteiger charge is -2.38. The van der Waals surface area contributed by atoms with Crippen molar-refractivity contribution >= 4 is 17.3 Å². The number of esters is 1. The molecule has 20 heavy (non-hydrogen) atoms. The highest BCUT2D eigenvalue weighted by molar-refractivity contribution is 5.98. The Morgan fingerprint density at radius 1 is 1.45 bits per heavy atom. The topological polar surface area (TPSA) is 58.8 Å². The maximum absolute atomic E-state index is 11.7. The zero-order chi connectivity index (χ0) is 14.7. The van der Waals surface area contributed by atoms with Crippen LogP contribution in [0.4, 0.5) is 11.4 Å². The van der Waals surface area contributed by atoms with Crippen molar-refractivity contribution in [1.82, 2.24) is 4.90 Å². The Bertz CT molecular complexity index is 488. The fraction of sp³-hybridized carbons (Fsp3) is 0.533. The lowest BCUT2D eigenvalue weighted by atomic mass is 10.0. The Kier molecular flexibility index (Phi) is 4.49. The van der Waals surface area contributed by atoms with Gasteiger partial charge in [-0.05, 0) is 39.1 Å². The fourth-order valence-corrected chi connectivity index (χ4v) is 2.71. The van der Waals surface area contributed by atoms with Crippen molar-refractivity contribution in [2.24, 2.45) is 0 Å². The Labute approximate surface area is 120 Å². The number of hydrogen-bond acceptors (Lipinski definition) is 5. The molecule has 0 spiro atoms. The molecule has 1 aromatic carbocycles. The van der Waals surface area contributed by atoms with Crippen LogP contribution in [0, 0.1) is 0 Å². The summed E-state index contributed by atoms with van der Waals surface area (Å²) in [6, 6.07) is 6.06. The predicted octanol–water partition coefficient (Wildman–Crippen LogP) is 1.59. The molecular weight excluding hydrogens is 254 g/mol. The molecule has 1 unspecified atom stereocenters. The van der Waals surface area contributed by atoms with E-state index in [0.717, 1.165) is 25.2 Å². The summed E-state index contributed by atoms with van der Waals surface area (Å²) in [6.07, 6.45) is 2.32. The fourth-order valence-electron chi connectivity index (χ4n) is 2.71. The number of likely N-dealkylation sites (N-methyl/N-ethyl adjacent to an activating group) is 1. The Morgan fingerprint density at radius 3 is 2.85 bits per heavy atom. The molecule has 1 aliphatic rings. The van der Waals surface area contributed by atoms with Crippen molar-refractivity contribution in [3.8, 4) is 0 Å². The molecule has 0 aliphatic carbocycles. The second kappa shape index (κ2) is 6.13. The average molecular weight is 277 g/mol. The molecule has 0 amide bonds. The number of rotatable bonds is 3. The number of piperidine rings is 1. The van der Waals surface area contributed by atoms with Gasteiger partial charge in [-0.25, -0.2) is 4.79 Å². The van der Waals surface area contributed by atoms with Crippen LogP contribution in [0.2, 0.25) is 0 Å². The first-order valence-corrected chi connectivity index (χ1v) is 6.92. The third-order valence-corrected chi connectivity index (χ3v) is 3.96. The van der Waals surface area contributed by atoms with Gasteiger partial charge in [-0.1, -0.05) is 6.07 Å². The number of nitrogens with zero attached hydrogens (tertiary/aromatic N) is 2. The summed E-state index contributed by atoms with van der Waals surface area (Å²) in [5, 5.41) is 0. The first kappa shape index (κ1) is 14.7. The van der Waals surface area contributed by atoms with Crippen LogP contribution in [0.3, 0.4) is 0 Å². The monoisotopic (exact) mass is 277 g/mol. The number of hydrogen-bond donors (Lipinski definition) is 1. The van der Waals surface area contributed by atoms with Gasteiger partial charge in [0.25, 0.3) is 0 Å². The highest BCUT2D eigenvalue weighted by Gasteiger charge is 2.24. The predicted molar refractivity (Wildman–Crippen MR) is 81.1 cm³/mol. The van der Waals surface area contributed by atoms with Crippen molar-refractivity contribution in [2.45, 2.75) is 18.9 Å². The normalized spacial score (nSPS) is 19.2. The van der Waals surface area contributed by atoms with Gasteiger partial charge in [-0.2, -0.15) is 0 Å². The number of methoxy groups -OCH3 is 1. The minimum Gasteiger partial charge on any atom is -0.465 e. The summed E-state index contributed by atoms with van der Waals surface area (Å²) >= 11 is 0. The van der Waals surface area contributed by atoms with Crippen LogP contribution in [0.5, 0.6) is 0 Å². The molecule has 1 saturated heterocycles. The van der Waals surface area contributed by atoms with Gasteiger partial charge in [-0.15, -0.1) is 0 Å². The lowest BCUT2D eigenvalue weighted by Crippen LogP contribution is -2.45. The maximum atomic E-state index is 11.7. The van der Waals surface area contributed by atoms with Crippen LogP contribution in [-0.4, -0.2) is 51.2 Å². The van der Waals surface area contributed by atoms with Gasteiger partial charge in [0.05, 0.1) is 24.0 Å². The van der Waals surface area contributed by atoms with Gasteiger partial charge < -0.3 is 20.3 Å². The van der Waals surface area contributed by atoms with Gasteiger partial charge in [0.2, 0.25) is 0 Å². The van der Waals surface area contributed by atoms with Gasteiger partial charge in [0.1, 0.15) is 0 Å². The summed E-state index contributed by atoms with van der Waals surface area (Å²) in [5.41, 5.74) is 8.04. The number of para-hydroxylation sites is 1. The Balaban J connectivity index is 2.26. The standard InChI is InChI=1S/C15H23N3O2/c1-17(2)11-6-5-9-18(10-11)13-8-4-7-12(14(13)16)15(19)20-3/h4,7-8,11H,5-6,9-10,16H2,1-3H3. The van der Waals surface area contributed by atoms with E-state index in [1.54, 1.807) is 6.07 Å². The largest absolute Gasteiger partial charge is 0.465 e. The molecule has 1 aromatic rings. The molecule has 1 fully saturated rings. The van der Waals surface area contributed by atoms with Crippen LogP contribution in [-0.2, 0) is 4.74 Å². The highest BCUT2D eigenvalue weighted by atomic mass is 16.5. The summed E-state index contributed by atoms with van der Waals surface area (Å²) in [7, 11) is 5.57. The molecule has 110 valence electrons. The summed E-state index contributed by atoms with van der Waals surface area (Å²) < 4.78 is 4.77. The van der Waals surface area contributed by atoms with Gasteiger partial charge in [-0.3, -0.25) is 0 Å². The Hall–Kier alpha value is -1.75. The second-order valence-electron chi connectivity index (χ2n) is 5.44. The van der Waals surface area contributed by atoms with Crippen molar-refractivity contribution in [3.63, 3.8) is 0 Å². The summed E-state index contributed by atoms with van der Waals surface area (Å²) in [6.45, 7) is 1.90. The molecule has 1 aliphatic heterocycles. The number of ether oxygens (including phenoxy) is 1. The Morgan fingerprint density at radius 2 is 2.20 bits per heavy atom. The molecule has 1 heterocycles. The zero-order valence-electron chi connectivity index (χ0n) is 12.4. The molecule has 0 saturated carbocycles. The molecule has 2 N–H and O–H groups in total. The van der Waals surface area contributed by atoms with E-state index in [1.807, 2.05) is 12.1 Å². The van der Waals surface area contributed by atoms with Crippen molar-refractivity contribution in [1.29, 1.82) is 0 Å². The molecule has 1 atom stereocenters. The molecule has 2 rings (SSSR count). The third kappa shape index (κ3) is 2.88. The molecule has 0 bridgehead atoms. The smallest absolute Gasteiger partial charge is 0.340 e.